The Morgan fingerprint density at radius 3 is 1.79 bits per heavy atom. The molecule has 0 radical (unpaired) electrons. The van der Waals surface area contributed by atoms with Gasteiger partial charge in [-0.3, -0.25) is 0 Å². The van der Waals surface area contributed by atoms with E-state index in [2.05, 4.69) is 37.2 Å². The van der Waals surface area contributed by atoms with E-state index in [1.807, 2.05) is 107 Å². The van der Waals surface area contributed by atoms with Crippen LogP contribution in [0.3, 0.4) is 0 Å². The van der Waals surface area contributed by atoms with Crippen LogP contribution in [0.4, 0.5) is 0 Å². The Balaban J connectivity index is 0.000000136. The smallest absolute Gasteiger partial charge is 0.247 e. The SMILES string of the molecule is Cn1cc([C@H]2OC[C@H](O)[C@H]2O)c2c[n+](C)ccc21.Cn1cc2c3c([n+](C)ccc31)[C@@H](O)O[C@H]([C@@H](O)CO)[C@H]2O.Cn1cc2c3c([n+](C)ccc31)[C@H](O)O[C@H]1[C@@H]2OC[C@@H]1O.II. The van der Waals surface area contributed by atoms with E-state index in [0.29, 0.717) is 22.3 Å². The summed E-state index contributed by atoms with van der Waals surface area (Å²) in [5.41, 5.74) is 6.60. The topological polar surface area (TPSA) is 225 Å². The summed E-state index contributed by atoms with van der Waals surface area (Å²) in [7, 11) is 11.4. The molecule has 0 saturated carbocycles. The average Bonchev–Trinajstić information content (AvgIpc) is 4.01. The lowest BCUT2D eigenvalue weighted by atomic mass is 10.0. The number of aromatic nitrogens is 6. The number of rotatable bonds is 3. The lowest BCUT2D eigenvalue weighted by Crippen LogP contribution is -2.39. The number of halogens is 2. The summed E-state index contributed by atoms with van der Waals surface area (Å²) in [6, 6.07) is 5.90. The highest BCUT2D eigenvalue weighted by atomic mass is 128. The zero-order valence-electron chi connectivity index (χ0n) is 34.4. The van der Waals surface area contributed by atoms with Gasteiger partial charge < -0.3 is 73.5 Å². The van der Waals surface area contributed by atoms with Gasteiger partial charge in [-0.25, -0.2) is 13.7 Å². The standard InChI is InChI=1S/C14H19N2O5.C14H17N2O4.C13H17N2O3.I2/c1-15-4-3-8-10-7(5-16(8)2)12(19)13(9(18)6-17)21-14(20)11(10)15;1-15-4-3-8-10-7(5-16(8)2)12-13(9(17)6-19-12)20-14(18)11(10)15;1-14-4-3-10-8(5-14)9(6-15(10)2)13-12(17)11(16)7-18-13;1-2/h3-5,9,12-14,17-20H,6H2,1-2H3;3-5,9,12-14,17-18H,6H2,1-2H3;3-6,11-13,16-17H,7H2,1-2H3;/q3*+1;/t9-,12-,13+,14-;9-,12+,13+,14+;11-,12+,13+;/m000./s1. The molecular weight excluding hydrogens is 1020 g/mol. The van der Waals surface area contributed by atoms with Gasteiger partial charge in [0.1, 0.15) is 76.1 Å². The third kappa shape index (κ3) is 8.33. The van der Waals surface area contributed by atoms with Gasteiger partial charge in [0.25, 0.3) is 0 Å². The van der Waals surface area contributed by atoms with Gasteiger partial charge in [0, 0.05) is 112 Å². The number of aliphatic hydroxyl groups is 8. The van der Waals surface area contributed by atoms with E-state index >= 15 is 0 Å². The van der Waals surface area contributed by atoms with Crippen molar-refractivity contribution in [1.29, 1.82) is 0 Å². The van der Waals surface area contributed by atoms with E-state index in [9.17, 15) is 35.7 Å². The maximum Gasteiger partial charge on any atom is 0.247 e. The van der Waals surface area contributed by atoms with Crippen molar-refractivity contribution in [3.05, 3.63) is 89.7 Å². The van der Waals surface area contributed by atoms with Gasteiger partial charge >= 0.3 is 0 Å². The zero-order valence-corrected chi connectivity index (χ0v) is 38.7. The van der Waals surface area contributed by atoms with Crippen LogP contribution in [0, 0.1) is 0 Å². The third-order valence-electron chi connectivity index (χ3n) is 11.9. The van der Waals surface area contributed by atoms with E-state index < -0.39 is 68.0 Å². The van der Waals surface area contributed by atoms with Crippen molar-refractivity contribution in [2.45, 2.75) is 67.5 Å². The second-order valence-electron chi connectivity index (χ2n) is 15.9. The minimum Gasteiger partial charge on any atom is -0.394 e. The highest BCUT2D eigenvalue weighted by molar-refractivity contribution is 15.0. The van der Waals surface area contributed by atoms with E-state index in [4.69, 9.17) is 24.1 Å². The predicted octanol–water partition coefficient (Wildman–Crippen LogP) is 0.171. The lowest BCUT2D eigenvalue weighted by molar-refractivity contribution is -0.685. The average molecular weight is 1080 g/mol. The molecule has 8 N–H and O–H groups in total. The first kappa shape index (κ1) is 46.1. The Kier molecular flexibility index (Phi) is 14.1. The summed E-state index contributed by atoms with van der Waals surface area (Å²) in [5, 5.41) is 82.4. The second kappa shape index (κ2) is 18.6. The maximum absolute atomic E-state index is 10.5. The van der Waals surface area contributed by atoms with E-state index in [1.165, 1.54) is 0 Å². The Labute approximate surface area is 374 Å². The summed E-state index contributed by atoms with van der Waals surface area (Å²) in [6.45, 7) is -0.152. The van der Waals surface area contributed by atoms with E-state index in [1.54, 1.807) is 24.0 Å². The fraction of sp³-hybridized carbons (Fsp3) is 0.488. The van der Waals surface area contributed by atoms with Crippen molar-refractivity contribution in [3.8, 4) is 0 Å². The van der Waals surface area contributed by atoms with Crippen LogP contribution >= 0.6 is 37.2 Å². The molecule has 2 fully saturated rings. The minimum absolute atomic E-state index is 0.182. The van der Waals surface area contributed by atoms with Crippen LogP contribution in [0.1, 0.15) is 59.0 Å². The molecule has 330 valence electrons. The zero-order chi connectivity index (χ0) is 44.2. The molecule has 0 aliphatic carbocycles. The Bertz CT molecular complexity index is 2530. The molecule has 0 spiro atoms. The Hall–Kier alpha value is -2.95. The number of aryl methyl sites for hydroxylation is 6. The van der Waals surface area contributed by atoms with Gasteiger partial charge in [0.05, 0.1) is 52.5 Å². The summed E-state index contributed by atoms with van der Waals surface area (Å²) >= 11 is 4.24. The molecule has 10 rings (SSSR count). The van der Waals surface area contributed by atoms with Crippen molar-refractivity contribution in [2.24, 2.45) is 42.3 Å². The molecule has 4 aliphatic rings. The van der Waals surface area contributed by atoms with Crippen LogP contribution in [0.5, 0.6) is 0 Å². The number of pyridine rings is 3. The molecule has 20 heteroatoms. The first-order valence-corrected chi connectivity index (χ1v) is 25.8. The highest BCUT2D eigenvalue weighted by Crippen LogP contribution is 2.43. The second-order valence-corrected chi connectivity index (χ2v) is 15.9. The monoisotopic (exact) mass is 1080 g/mol. The first-order chi connectivity index (χ1) is 29.1. The van der Waals surface area contributed by atoms with Crippen LogP contribution in [-0.4, -0.2) is 111 Å². The quantitative estimate of drug-likeness (QED) is 0.0879. The van der Waals surface area contributed by atoms with E-state index in [-0.39, 0.29) is 19.3 Å². The molecule has 18 nitrogen and oxygen atoms in total. The maximum atomic E-state index is 10.5. The number of hydrogen-bond acceptors (Lipinski definition) is 12. The third-order valence-corrected chi connectivity index (χ3v) is 11.9. The van der Waals surface area contributed by atoms with Gasteiger partial charge in [-0.1, -0.05) is 0 Å². The van der Waals surface area contributed by atoms with Crippen LogP contribution < -0.4 is 13.7 Å². The van der Waals surface area contributed by atoms with Crippen molar-refractivity contribution in [3.63, 3.8) is 0 Å². The van der Waals surface area contributed by atoms with Crippen molar-refractivity contribution < 1.29 is 73.5 Å². The number of hydrogen-bond donors (Lipinski definition) is 8. The van der Waals surface area contributed by atoms with Crippen LogP contribution in [0.2, 0.25) is 0 Å². The summed E-state index contributed by atoms with van der Waals surface area (Å²) in [6.07, 6.45) is 3.74. The molecule has 11 atom stereocenters. The molecule has 0 aromatic carbocycles. The summed E-state index contributed by atoms with van der Waals surface area (Å²) in [4.78, 5) is 0. The Morgan fingerprint density at radius 2 is 1.20 bits per heavy atom. The molecule has 0 unspecified atom stereocenters. The fourth-order valence-electron chi connectivity index (χ4n) is 8.88. The number of fused-ring (bicyclic) bond motifs is 3. The molecule has 4 aliphatic heterocycles. The van der Waals surface area contributed by atoms with Gasteiger partial charge in [-0.2, -0.15) is 0 Å². The molecule has 0 bridgehead atoms. The van der Waals surface area contributed by atoms with Gasteiger partial charge in [-0.15, -0.1) is 0 Å². The summed E-state index contributed by atoms with van der Waals surface area (Å²) < 4.78 is 33.6. The van der Waals surface area contributed by atoms with E-state index in [0.717, 1.165) is 38.4 Å². The van der Waals surface area contributed by atoms with Crippen molar-refractivity contribution in [2.75, 3.05) is 19.8 Å². The molecule has 0 amide bonds. The first-order valence-electron chi connectivity index (χ1n) is 19.6. The number of nitrogens with zero attached hydrogens (tertiary/aromatic N) is 6. The number of ether oxygens (including phenoxy) is 4. The molecule has 61 heavy (non-hydrogen) atoms. The largest absolute Gasteiger partial charge is 0.394 e. The van der Waals surface area contributed by atoms with Gasteiger partial charge in [0.15, 0.2) is 24.8 Å². The molecular formula is C41H53I2N6O12+3. The lowest BCUT2D eigenvalue weighted by Gasteiger charge is -2.25. The number of aliphatic hydroxyl groups excluding tert-OH is 8. The molecule has 2 saturated heterocycles. The summed E-state index contributed by atoms with van der Waals surface area (Å²) in [5.74, 6) is 0. The molecule has 10 heterocycles. The fourth-order valence-corrected chi connectivity index (χ4v) is 8.88. The highest BCUT2D eigenvalue weighted by Gasteiger charge is 2.46. The normalized spacial score (nSPS) is 28.3. The van der Waals surface area contributed by atoms with Crippen LogP contribution in [0.15, 0.2) is 61.6 Å². The molecule has 6 aromatic heterocycles. The van der Waals surface area contributed by atoms with Crippen LogP contribution in [0.25, 0.3) is 32.7 Å². The van der Waals surface area contributed by atoms with Crippen molar-refractivity contribution in [1.82, 2.24) is 13.7 Å². The Morgan fingerprint density at radius 1 is 0.689 bits per heavy atom. The molecule has 6 aromatic rings. The minimum atomic E-state index is -1.30. The van der Waals surface area contributed by atoms with Gasteiger partial charge in [0.2, 0.25) is 24.0 Å². The van der Waals surface area contributed by atoms with Crippen molar-refractivity contribution >= 4 is 69.9 Å². The predicted molar refractivity (Wildman–Crippen MR) is 233 cm³/mol. The van der Waals surface area contributed by atoms with Gasteiger partial charge in [-0.05, 0) is 0 Å². The van der Waals surface area contributed by atoms with Crippen LogP contribution in [-0.2, 0) is 61.2 Å².